The summed E-state index contributed by atoms with van der Waals surface area (Å²) < 4.78 is 28.1. The number of hydrogen-bond donors (Lipinski definition) is 4. The summed E-state index contributed by atoms with van der Waals surface area (Å²) in [7, 11) is -3.96. The van der Waals surface area contributed by atoms with Gasteiger partial charge in [0.25, 0.3) is 0 Å². The number of anilines is 1. The van der Waals surface area contributed by atoms with Crippen LogP contribution in [0.1, 0.15) is 43.0 Å². The average molecular weight is 578 g/mol. The van der Waals surface area contributed by atoms with Gasteiger partial charge in [-0.1, -0.05) is 68.4 Å². The van der Waals surface area contributed by atoms with Crippen LogP contribution in [-0.2, 0) is 37.2 Å². The number of Topliss-reactive ketones (excluding diaryl/α,β-unsaturated/α-hetero) is 1. The standard InChI is InChI=1S/C31H35N3O6S/c1-20(2)30(37)33-24-12-14-26(15-13-24)41(39,40)32-19-25(35)17-23(16-21-8-4-3-5-9-21)31(38)34-29-27-11-7-6-10-22(27)18-28(29)36/h3-15,20,23,25,29,32,35H,16-19H2,1-2H3,(H,33,37)(H,34,38)/t23-,25+,29+/m1/s1. The van der Waals surface area contributed by atoms with Gasteiger partial charge in [-0.2, -0.15) is 0 Å². The molecule has 0 fully saturated rings. The third-order valence-corrected chi connectivity index (χ3v) is 8.50. The van der Waals surface area contributed by atoms with E-state index in [0.29, 0.717) is 12.1 Å². The number of rotatable bonds is 12. The topological polar surface area (TPSA) is 142 Å². The number of hydrogen-bond acceptors (Lipinski definition) is 6. The molecule has 0 aromatic heterocycles. The number of aliphatic hydroxyl groups is 1. The summed E-state index contributed by atoms with van der Waals surface area (Å²) in [6.45, 7) is 3.20. The van der Waals surface area contributed by atoms with E-state index in [9.17, 15) is 27.9 Å². The van der Waals surface area contributed by atoms with Gasteiger partial charge in [0.15, 0.2) is 5.78 Å². The van der Waals surface area contributed by atoms with Crippen LogP contribution in [0.5, 0.6) is 0 Å². The first-order valence-corrected chi connectivity index (χ1v) is 15.1. The number of amides is 2. The molecule has 216 valence electrons. The highest BCUT2D eigenvalue weighted by Crippen LogP contribution is 2.29. The molecule has 10 heteroatoms. The van der Waals surface area contributed by atoms with Crippen LogP contribution in [-0.4, -0.2) is 43.8 Å². The van der Waals surface area contributed by atoms with Gasteiger partial charge in [0, 0.05) is 30.5 Å². The second kappa shape index (κ2) is 13.2. The summed E-state index contributed by atoms with van der Waals surface area (Å²) in [4.78, 5) is 37.9. The Morgan fingerprint density at radius 1 is 0.927 bits per heavy atom. The monoisotopic (exact) mass is 577 g/mol. The lowest BCUT2D eigenvalue weighted by Crippen LogP contribution is -2.40. The fourth-order valence-corrected chi connectivity index (χ4v) is 5.82. The minimum atomic E-state index is -3.96. The Kier molecular flexibility index (Phi) is 9.69. The normalized spacial score (nSPS) is 16.2. The Bertz CT molecular complexity index is 1490. The largest absolute Gasteiger partial charge is 0.392 e. The summed E-state index contributed by atoms with van der Waals surface area (Å²) >= 11 is 0. The molecule has 4 rings (SSSR count). The van der Waals surface area contributed by atoms with Crippen molar-refractivity contribution in [2.24, 2.45) is 11.8 Å². The van der Waals surface area contributed by atoms with E-state index < -0.39 is 28.1 Å². The Hall–Kier alpha value is -3.86. The second-order valence-corrected chi connectivity index (χ2v) is 12.3. The van der Waals surface area contributed by atoms with E-state index in [0.717, 1.165) is 16.7 Å². The molecule has 1 aliphatic rings. The van der Waals surface area contributed by atoms with Crippen LogP contribution in [0.15, 0.2) is 83.8 Å². The molecule has 0 heterocycles. The van der Waals surface area contributed by atoms with Crippen LogP contribution in [0, 0.1) is 11.8 Å². The number of benzene rings is 3. The predicted octanol–water partition coefficient (Wildman–Crippen LogP) is 3.15. The lowest BCUT2D eigenvalue weighted by molar-refractivity contribution is -0.130. The maximum Gasteiger partial charge on any atom is 0.240 e. The molecule has 0 bridgehead atoms. The number of carbonyl (C=O) groups is 3. The van der Waals surface area contributed by atoms with Crippen molar-refractivity contribution in [3.05, 3.63) is 95.6 Å². The Labute approximate surface area is 240 Å². The first-order valence-electron chi connectivity index (χ1n) is 13.6. The Morgan fingerprint density at radius 2 is 1.59 bits per heavy atom. The number of fused-ring (bicyclic) bond motifs is 1. The van der Waals surface area contributed by atoms with Crippen molar-refractivity contribution >= 4 is 33.3 Å². The molecule has 1 aliphatic carbocycles. The molecule has 3 atom stereocenters. The third kappa shape index (κ3) is 7.87. The Morgan fingerprint density at radius 3 is 2.27 bits per heavy atom. The molecule has 0 saturated heterocycles. The van der Waals surface area contributed by atoms with Crippen LogP contribution in [0.3, 0.4) is 0 Å². The quantitative estimate of drug-likeness (QED) is 0.261. The minimum absolute atomic E-state index is 0.0218. The van der Waals surface area contributed by atoms with Crippen molar-refractivity contribution in [1.29, 1.82) is 0 Å². The zero-order valence-electron chi connectivity index (χ0n) is 23.0. The van der Waals surface area contributed by atoms with Gasteiger partial charge in [0.2, 0.25) is 21.8 Å². The molecule has 4 N–H and O–H groups in total. The van der Waals surface area contributed by atoms with Crippen LogP contribution in [0.2, 0.25) is 0 Å². The van der Waals surface area contributed by atoms with Gasteiger partial charge < -0.3 is 15.7 Å². The summed E-state index contributed by atoms with van der Waals surface area (Å²) in [6, 6.07) is 21.7. The smallest absolute Gasteiger partial charge is 0.240 e. The van der Waals surface area contributed by atoms with Crippen molar-refractivity contribution in [3.63, 3.8) is 0 Å². The van der Waals surface area contributed by atoms with E-state index in [4.69, 9.17) is 0 Å². The first-order chi connectivity index (χ1) is 19.5. The molecule has 3 aromatic rings. The van der Waals surface area contributed by atoms with Gasteiger partial charge in [-0.05, 0) is 53.8 Å². The number of carbonyl (C=O) groups excluding carboxylic acids is 3. The lowest BCUT2D eigenvalue weighted by atomic mass is 9.92. The number of nitrogens with one attached hydrogen (secondary N) is 3. The fraction of sp³-hybridized carbons (Fsp3) is 0.323. The molecule has 0 unspecified atom stereocenters. The molecule has 0 radical (unpaired) electrons. The average Bonchev–Trinajstić information content (AvgIpc) is 3.27. The van der Waals surface area contributed by atoms with Crippen LogP contribution in [0.25, 0.3) is 0 Å². The highest BCUT2D eigenvalue weighted by atomic mass is 32.2. The molecule has 0 spiro atoms. The number of ketones is 1. The SMILES string of the molecule is CC(C)C(=O)Nc1ccc(S(=O)(=O)NC[C@@H](O)C[C@@H](Cc2ccccc2)C(=O)N[C@@H]2C(=O)Cc3ccccc32)cc1. The van der Waals surface area contributed by atoms with Crippen LogP contribution >= 0.6 is 0 Å². The fourth-order valence-electron chi connectivity index (χ4n) is 4.75. The van der Waals surface area contributed by atoms with Crippen molar-refractivity contribution in [2.45, 2.75) is 50.2 Å². The van der Waals surface area contributed by atoms with E-state index in [1.54, 1.807) is 13.8 Å². The molecule has 41 heavy (non-hydrogen) atoms. The van der Waals surface area contributed by atoms with Gasteiger partial charge in [0.1, 0.15) is 6.04 Å². The summed E-state index contributed by atoms with van der Waals surface area (Å²) in [5, 5.41) is 16.4. The predicted molar refractivity (Wildman–Crippen MR) is 155 cm³/mol. The number of aliphatic hydroxyl groups excluding tert-OH is 1. The van der Waals surface area contributed by atoms with Crippen molar-refractivity contribution in [2.75, 3.05) is 11.9 Å². The van der Waals surface area contributed by atoms with Gasteiger partial charge in [-0.3, -0.25) is 14.4 Å². The molecule has 3 aromatic carbocycles. The van der Waals surface area contributed by atoms with Crippen molar-refractivity contribution in [1.82, 2.24) is 10.0 Å². The zero-order valence-corrected chi connectivity index (χ0v) is 23.9. The van der Waals surface area contributed by atoms with Gasteiger partial charge in [0.05, 0.1) is 11.0 Å². The maximum atomic E-state index is 13.4. The summed E-state index contributed by atoms with van der Waals surface area (Å²) in [5.41, 5.74) is 3.00. The number of sulfonamides is 1. The minimum Gasteiger partial charge on any atom is -0.392 e. The van der Waals surface area contributed by atoms with Gasteiger partial charge >= 0.3 is 0 Å². The molecule has 0 saturated carbocycles. The van der Waals surface area contributed by atoms with Crippen molar-refractivity contribution < 1.29 is 27.9 Å². The van der Waals surface area contributed by atoms with Crippen LogP contribution in [0.4, 0.5) is 5.69 Å². The highest BCUT2D eigenvalue weighted by Gasteiger charge is 2.34. The molecule has 0 aliphatic heterocycles. The molecular formula is C31H35N3O6S. The van der Waals surface area contributed by atoms with E-state index in [2.05, 4.69) is 15.4 Å². The van der Waals surface area contributed by atoms with Crippen LogP contribution < -0.4 is 15.4 Å². The molecule has 2 amide bonds. The molecule has 9 nitrogen and oxygen atoms in total. The van der Waals surface area contributed by atoms with Gasteiger partial charge in [-0.15, -0.1) is 0 Å². The summed E-state index contributed by atoms with van der Waals surface area (Å²) in [6.07, 6.45) is -0.630. The van der Waals surface area contributed by atoms with E-state index in [-0.39, 0.29) is 47.8 Å². The van der Waals surface area contributed by atoms with E-state index in [1.165, 1.54) is 24.3 Å². The first kappa shape index (κ1) is 30.1. The summed E-state index contributed by atoms with van der Waals surface area (Å²) in [5.74, 6) is -1.59. The van der Waals surface area contributed by atoms with Crippen molar-refractivity contribution in [3.8, 4) is 0 Å². The maximum absolute atomic E-state index is 13.4. The molecular weight excluding hydrogens is 542 g/mol. The lowest BCUT2D eigenvalue weighted by Gasteiger charge is -2.23. The second-order valence-electron chi connectivity index (χ2n) is 10.6. The third-order valence-electron chi connectivity index (χ3n) is 7.06. The highest BCUT2D eigenvalue weighted by molar-refractivity contribution is 7.89. The van der Waals surface area contributed by atoms with Gasteiger partial charge in [-0.25, -0.2) is 13.1 Å². The zero-order chi connectivity index (χ0) is 29.6. The van der Waals surface area contributed by atoms with E-state index in [1.807, 2.05) is 54.6 Å². The Balaban J connectivity index is 1.41. The van der Waals surface area contributed by atoms with E-state index >= 15 is 0 Å².